The lowest BCUT2D eigenvalue weighted by atomic mass is 10.1. The Morgan fingerprint density at radius 3 is 2.46 bits per heavy atom. The van der Waals surface area contributed by atoms with Gasteiger partial charge in [0.1, 0.15) is 0 Å². The van der Waals surface area contributed by atoms with Gasteiger partial charge in [-0.25, -0.2) is 4.79 Å². The summed E-state index contributed by atoms with van der Waals surface area (Å²) in [7, 11) is 0. The van der Waals surface area contributed by atoms with E-state index in [0.29, 0.717) is 11.4 Å². The molecule has 8 nitrogen and oxygen atoms in total. The Hall–Kier alpha value is -3.05. The minimum Gasteiger partial charge on any atom is -0.409 e. The van der Waals surface area contributed by atoms with E-state index in [1.165, 1.54) is 0 Å². The molecule has 3 N–H and O–H groups in total. The van der Waals surface area contributed by atoms with Gasteiger partial charge >= 0.3 is 6.03 Å². The Kier molecular flexibility index (Phi) is 5.39. The summed E-state index contributed by atoms with van der Waals surface area (Å²) in [5, 5.41) is 17.5. The fourth-order valence-electron chi connectivity index (χ4n) is 2.96. The molecule has 2 aliphatic rings. The molecule has 3 amide bonds. The van der Waals surface area contributed by atoms with Gasteiger partial charge in [-0.05, 0) is 30.8 Å². The van der Waals surface area contributed by atoms with Gasteiger partial charge in [0, 0.05) is 37.3 Å². The summed E-state index contributed by atoms with van der Waals surface area (Å²) in [4.78, 5) is 26.9. The van der Waals surface area contributed by atoms with Crippen LogP contribution in [0.15, 0.2) is 29.4 Å². The molecule has 26 heavy (non-hydrogen) atoms. The molecule has 0 aliphatic carbocycles. The molecule has 136 valence electrons. The zero-order valence-corrected chi connectivity index (χ0v) is 14.5. The molecule has 2 saturated heterocycles. The summed E-state index contributed by atoms with van der Waals surface area (Å²) in [6.07, 6.45) is 0. The third-order valence-corrected chi connectivity index (χ3v) is 4.49. The van der Waals surface area contributed by atoms with Crippen molar-refractivity contribution in [1.82, 2.24) is 20.4 Å². The van der Waals surface area contributed by atoms with Crippen molar-refractivity contribution < 1.29 is 14.8 Å². The van der Waals surface area contributed by atoms with Crippen LogP contribution in [0.1, 0.15) is 18.1 Å². The number of nitrogens with one attached hydrogen (secondary N) is 2. The largest absolute Gasteiger partial charge is 0.409 e. The Morgan fingerprint density at radius 1 is 1.23 bits per heavy atom. The van der Waals surface area contributed by atoms with Crippen LogP contribution < -0.4 is 10.6 Å². The Morgan fingerprint density at radius 2 is 1.92 bits per heavy atom. The highest BCUT2D eigenvalue weighted by Gasteiger charge is 2.27. The van der Waals surface area contributed by atoms with Gasteiger partial charge in [-0.1, -0.05) is 23.9 Å². The fraction of sp³-hybridized carbons (Fsp3) is 0.389. The van der Waals surface area contributed by atoms with E-state index in [2.05, 4.69) is 44.4 Å². The lowest BCUT2D eigenvalue weighted by molar-refractivity contribution is -0.119. The minimum atomic E-state index is -0.827. The third-order valence-electron chi connectivity index (χ3n) is 4.49. The van der Waals surface area contributed by atoms with Crippen molar-refractivity contribution in [3.05, 3.63) is 35.4 Å². The number of imide groups is 1. The van der Waals surface area contributed by atoms with Crippen LogP contribution in [-0.2, 0) is 4.79 Å². The van der Waals surface area contributed by atoms with E-state index in [1.54, 1.807) is 12.1 Å². The van der Waals surface area contributed by atoms with Gasteiger partial charge < -0.3 is 20.3 Å². The first-order valence-corrected chi connectivity index (χ1v) is 8.53. The van der Waals surface area contributed by atoms with E-state index < -0.39 is 18.0 Å². The molecule has 0 bridgehead atoms. The summed E-state index contributed by atoms with van der Waals surface area (Å²) < 4.78 is 0. The summed E-state index contributed by atoms with van der Waals surface area (Å²) in [5.41, 5.74) is 1.51. The van der Waals surface area contributed by atoms with Crippen LogP contribution in [0.4, 0.5) is 4.79 Å². The van der Waals surface area contributed by atoms with Gasteiger partial charge in [0.2, 0.25) is 0 Å². The number of likely N-dealkylation sites (N-methyl/N-ethyl adjacent to an activating group) is 1. The highest BCUT2D eigenvalue weighted by Crippen LogP contribution is 2.11. The molecule has 8 heteroatoms. The zero-order chi connectivity index (χ0) is 18.5. The topological polar surface area (TPSA) is 97.3 Å². The van der Waals surface area contributed by atoms with Gasteiger partial charge in [0.25, 0.3) is 5.91 Å². The van der Waals surface area contributed by atoms with Crippen molar-refractivity contribution in [1.29, 1.82) is 0 Å². The van der Waals surface area contributed by atoms with E-state index in [9.17, 15) is 14.8 Å². The van der Waals surface area contributed by atoms with Gasteiger partial charge in [0.05, 0.1) is 0 Å². The Bertz CT molecular complexity index is 770. The summed E-state index contributed by atoms with van der Waals surface area (Å²) in [6.45, 7) is 6.66. The number of oxime groups is 1. The van der Waals surface area contributed by atoms with Gasteiger partial charge in [0.15, 0.2) is 11.9 Å². The van der Waals surface area contributed by atoms with E-state index in [-0.39, 0.29) is 0 Å². The summed E-state index contributed by atoms with van der Waals surface area (Å²) in [6, 6.07) is 5.90. The number of rotatable bonds is 2. The number of amides is 3. The van der Waals surface area contributed by atoms with Crippen molar-refractivity contribution in [3.8, 4) is 11.8 Å². The molecule has 2 heterocycles. The number of hydrogen-bond donors (Lipinski definition) is 3. The van der Waals surface area contributed by atoms with E-state index in [1.807, 2.05) is 12.1 Å². The van der Waals surface area contributed by atoms with E-state index >= 15 is 0 Å². The van der Waals surface area contributed by atoms with Crippen molar-refractivity contribution in [3.63, 3.8) is 0 Å². The second-order valence-electron chi connectivity index (χ2n) is 6.09. The van der Waals surface area contributed by atoms with Crippen LogP contribution in [-0.4, -0.2) is 71.5 Å². The highest BCUT2D eigenvalue weighted by atomic mass is 16.4. The molecular weight excluding hydrogens is 334 g/mol. The first-order chi connectivity index (χ1) is 12.6. The SMILES string of the molecule is CCN1CCN(/C(=N\O)c2ccc(C#CC3NC(=O)NC3=O)cc2)CC1. The van der Waals surface area contributed by atoms with Crippen molar-refractivity contribution in [2.45, 2.75) is 13.0 Å². The maximum absolute atomic E-state index is 11.5. The van der Waals surface area contributed by atoms with E-state index in [0.717, 1.165) is 38.3 Å². The van der Waals surface area contributed by atoms with Crippen LogP contribution in [0.2, 0.25) is 0 Å². The van der Waals surface area contributed by atoms with Crippen molar-refractivity contribution in [2.75, 3.05) is 32.7 Å². The predicted molar refractivity (Wildman–Crippen MR) is 95.8 cm³/mol. The number of carbonyl (C=O) groups excluding carboxylic acids is 2. The first kappa shape index (κ1) is 17.8. The van der Waals surface area contributed by atoms with Crippen LogP contribution in [0.5, 0.6) is 0 Å². The second-order valence-corrected chi connectivity index (χ2v) is 6.09. The summed E-state index contributed by atoms with van der Waals surface area (Å²) in [5.74, 6) is 5.69. The fourth-order valence-corrected chi connectivity index (χ4v) is 2.96. The number of nitrogens with zero attached hydrogens (tertiary/aromatic N) is 3. The number of urea groups is 1. The third kappa shape index (κ3) is 3.95. The zero-order valence-electron chi connectivity index (χ0n) is 14.5. The van der Waals surface area contributed by atoms with Crippen LogP contribution in [0.3, 0.4) is 0 Å². The number of hydrogen-bond acceptors (Lipinski definition) is 5. The van der Waals surface area contributed by atoms with Crippen molar-refractivity contribution in [2.24, 2.45) is 5.16 Å². The average molecular weight is 355 g/mol. The number of carbonyl (C=O) groups is 2. The second kappa shape index (κ2) is 7.89. The molecule has 1 aromatic carbocycles. The average Bonchev–Trinajstić information content (AvgIpc) is 2.99. The predicted octanol–water partition coefficient (Wildman–Crippen LogP) is 0.0194. The molecule has 3 rings (SSSR count). The molecule has 1 aromatic rings. The van der Waals surface area contributed by atoms with Crippen LogP contribution in [0.25, 0.3) is 0 Å². The minimum absolute atomic E-state index is 0.444. The van der Waals surface area contributed by atoms with E-state index in [4.69, 9.17) is 0 Å². The molecule has 0 radical (unpaired) electrons. The standard InChI is InChI=1S/C18H21N5O3/c1-2-22-9-11-23(12-10-22)16(21-26)14-6-3-13(4-7-14)5-8-15-17(24)20-18(25)19-15/h3-4,6-7,15,26H,2,9-12H2,1H3,(H2,19,20,24,25)/b21-16-. The molecule has 0 spiro atoms. The molecule has 2 fully saturated rings. The monoisotopic (exact) mass is 355 g/mol. The molecular formula is C18H21N5O3. The van der Waals surface area contributed by atoms with Crippen LogP contribution >= 0.6 is 0 Å². The Balaban J connectivity index is 1.67. The summed E-state index contributed by atoms with van der Waals surface area (Å²) >= 11 is 0. The van der Waals surface area contributed by atoms with Gasteiger partial charge in [-0.15, -0.1) is 0 Å². The molecule has 1 atom stereocenters. The van der Waals surface area contributed by atoms with Crippen LogP contribution in [0, 0.1) is 11.8 Å². The molecule has 0 saturated carbocycles. The van der Waals surface area contributed by atoms with Gasteiger partial charge in [-0.2, -0.15) is 0 Å². The number of amidine groups is 1. The van der Waals surface area contributed by atoms with Crippen molar-refractivity contribution >= 4 is 17.8 Å². The molecule has 0 aromatic heterocycles. The maximum atomic E-state index is 11.5. The van der Waals surface area contributed by atoms with Gasteiger partial charge in [-0.3, -0.25) is 10.1 Å². The Labute approximate surface area is 151 Å². The molecule has 2 aliphatic heterocycles. The maximum Gasteiger partial charge on any atom is 0.322 e. The lowest BCUT2D eigenvalue weighted by Crippen LogP contribution is -2.48. The first-order valence-electron chi connectivity index (χ1n) is 8.53. The smallest absolute Gasteiger partial charge is 0.322 e. The number of piperazine rings is 1. The highest BCUT2D eigenvalue weighted by molar-refractivity contribution is 6.05. The normalized spacial score (nSPS) is 21.0. The lowest BCUT2D eigenvalue weighted by Gasteiger charge is -2.35. The quantitative estimate of drug-likeness (QED) is 0.174. The number of benzene rings is 1. The molecule has 1 unspecified atom stereocenters.